The van der Waals surface area contributed by atoms with Crippen LogP contribution < -0.4 is 0 Å². The summed E-state index contributed by atoms with van der Waals surface area (Å²) in [7, 11) is 0. The van der Waals surface area contributed by atoms with Gasteiger partial charge in [0.05, 0.1) is 17.5 Å². The Morgan fingerprint density at radius 3 is 3.00 bits per heavy atom. The van der Waals surface area contributed by atoms with Crippen molar-refractivity contribution < 1.29 is 14.4 Å². The molecule has 1 aliphatic heterocycles. The number of hydrogen-bond donors (Lipinski definition) is 1. The molecule has 0 bridgehead atoms. The van der Waals surface area contributed by atoms with E-state index in [0.717, 1.165) is 12.1 Å². The van der Waals surface area contributed by atoms with E-state index in [4.69, 9.17) is 21.2 Å². The Kier molecular flexibility index (Phi) is 3.90. The van der Waals surface area contributed by atoms with Crippen molar-refractivity contribution in [3.05, 3.63) is 35.2 Å². The molecule has 0 spiro atoms. The maximum Gasteiger partial charge on any atom is 0.307 e. The molecule has 6 nitrogen and oxygen atoms in total. The fourth-order valence-electron chi connectivity index (χ4n) is 2.44. The van der Waals surface area contributed by atoms with E-state index in [9.17, 15) is 4.79 Å². The molecule has 1 aromatic carbocycles. The molecule has 3 rings (SSSR count). The third-order valence-electron chi connectivity index (χ3n) is 3.56. The molecule has 7 heteroatoms. The molecule has 2 aromatic rings. The summed E-state index contributed by atoms with van der Waals surface area (Å²) in [5, 5.41) is 13.5. The summed E-state index contributed by atoms with van der Waals surface area (Å²) in [5.74, 6) is -0.142. The second kappa shape index (κ2) is 5.83. The number of carboxylic acids is 1. The molecule has 0 amide bonds. The van der Waals surface area contributed by atoms with Crippen LogP contribution in [0.5, 0.6) is 0 Å². The molecule has 110 valence electrons. The number of aliphatic carboxylic acids is 1. The van der Waals surface area contributed by atoms with Crippen LogP contribution in [0, 0.1) is 5.92 Å². The highest BCUT2D eigenvalue weighted by Gasteiger charge is 2.29. The third-order valence-corrected chi connectivity index (χ3v) is 3.89. The number of hydrogen-bond acceptors (Lipinski definition) is 5. The Morgan fingerprint density at radius 1 is 1.48 bits per heavy atom. The van der Waals surface area contributed by atoms with Gasteiger partial charge in [0.1, 0.15) is 0 Å². The summed E-state index contributed by atoms with van der Waals surface area (Å²) >= 11 is 6.09. The van der Waals surface area contributed by atoms with Crippen LogP contribution in [0.15, 0.2) is 28.8 Å². The van der Waals surface area contributed by atoms with Gasteiger partial charge < -0.3 is 9.63 Å². The van der Waals surface area contributed by atoms with Crippen molar-refractivity contribution in [2.75, 3.05) is 13.1 Å². The number of likely N-dealkylation sites (tertiary alicyclic amines) is 1. The van der Waals surface area contributed by atoms with Crippen LogP contribution in [-0.4, -0.2) is 39.2 Å². The van der Waals surface area contributed by atoms with Crippen LogP contribution in [0.4, 0.5) is 0 Å². The minimum Gasteiger partial charge on any atom is -0.481 e. The highest BCUT2D eigenvalue weighted by Crippen LogP contribution is 2.25. The zero-order valence-electron chi connectivity index (χ0n) is 11.2. The van der Waals surface area contributed by atoms with Gasteiger partial charge in [0.2, 0.25) is 11.7 Å². The zero-order valence-corrected chi connectivity index (χ0v) is 12.0. The molecule has 0 radical (unpaired) electrons. The van der Waals surface area contributed by atoms with Crippen molar-refractivity contribution in [1.82, 2.24) is 15.0 Å². The van der Waals surface area contributed by atoms with Crippen LogP contribution in [0.25, 0.3) is 11.4 Å². The number of carbonyl (C=O) groups is 1. The highest BCUT2D eigenvalue weighted by atomic mass is 35.5. The lowest BCUT2D eigenvalue weighted by molar-refractivity contribution is -0.141. The van der Waals surface area contributed by atoms with E-state index in [-0.39, 0.29) is 5.92 Å². The van der Waals surface area contributed by atoms with Crippen LogP contribution in [-0.2, 0) is 11.3 Å². The predicted molar refractivity (Wildman–Crippen MR) is 75.8 cm³/mol. The summed E-state index contributed by atoms with van der Waals surface area (Å²) in [6, 6.07) is 7.29. The Hall–Kier alpha value is -1.92. The van der Waals surface area contributed by atoms with Gasteiger partial charge >= 0.3 is 5.97 Å². The van der Waals surface area contributed by atoms with Crippen LogP contribution in [0.1, 0.15) is 12.3 Å². The van der Waals surface area contributed by atoms with Gasteiger partial charge in [-0.15, -0.1) is 0 Å². The maximum atomic E-state index is 10.9. The average Bonchev–Trinajstić information content (AvgIpc) is 3.09. The lowest BCUT2D eigenvalue weighted by Gasteiger charge is -2.11. The number of carboxylic acid groups (broad SMARTS) is 1. The average molecular weight is 308 g/mol. The van der Waals surface area contributed by atoms with Gasteiger partial charge in [-0.3, -0.25) is 9.69 Å². The van der Waals surface area contributed by atoms with Crippen molar-refractivity contribution in [1.29, 1.82) is 0 Å². The Morgan fingerprint density at radius 2 is 2.29 bits per heavy atom. The van der Waals surface area contributed by atoms with Gasteiger partial charge in [0.25, 0.3) is 0 Å². The fraction of sp³-hybridized carbons (Fsp3) is 0.357. The molecule has 2 heterocycles. The van der Waals surface area contributed by atoms with Crippen molar-refractivity contribution in [3.8, 4) is 11.4 Å². The van der Waals surface area contributed by atoms with Crippen LogP contribution in [0.3, 0.4) is 0 Å². The molecular formula is C14H14ClN3O3. The van der Waals surface area contributed by atoms with Gasteiger partial charge in [0.15, 0.2) is 0 Å². The maximum absolute atomic E-state index is 10.9. The van der Waals surface area contributed by atoms with E-state index < -0.39 is 5.97 Å². The highest BCUT2D eigenvalue weighted by molar-refractivity contribution is 6.33. The summed E-state index contributed by atoms with van der Waals surface area (Å²) in [6.45, 7) is 1.70. The second-order valence-electron chi connectivity index (χ2n) is 5.05. The lowest BCUT2D eigenvalue weighted by atomic mass is 10.1. The molecular weight excluding hydrogens is 294 g/mol. The summed E-state index contributed by atoms with van der Waals surface area (Å²) in [6.07, 6.45) is 0.654. The topological polar surface area (TPSA) is 79.5 Å². The summed E-state index contributed by atoms with van der Waals surface area (Å²) in [5.41, 5.74) is 0.721. The fourth-order valence-corrected chi connectivity index (χ4v) is 2.66. The van der Waals surface area contributed by atoms with Crippen molar-refractivity contribution >= 4 is 17.6 Å². The van der Waals surface area contributed by atoms with Gasteiger partial charge in [0, 0.05) is 12.1 Å². The molecule has 1 N–H and O–H groups in total. The first-order valence-electron chi connectivity index (χ1n) is 6.66. The van der Waals surface area contributed by atoms with Gasteiger partial charge in [-0.2, -0.15) is 4.98 Å². The zero-order chi connectivity index (χ0) is 14.8. The van der Waals surface area contributed by atoms with E-state index in [1.165, 1.54) is 0 Å². The number of aromatic nitrogens is 2. The number of rotatable bonds is 4. The third kappa shape index (κ3) is 3.06. The van der Waals surface area contributed by atoms with E-state index in [1.807, 2.05) is 23.1 Å². The molecule has 1 unspecified atom stereocenters. The Labute approximate surface area is 126 Å². The summed E-state index contributed by atoms with van der Waals surface area (Å²) in [4.78, 5) is 17.3. The Balaban J connectivity index is 1.69. The minimum atomic E-state index is -0.750. The number of nitrogens with zero attached hydrogens (tertiary/aromatic N) is 3. The monoisotopic (exact) mass is 307 g/mol. The first-order chi connectivity index (χ1) is 10.1. The smallest absolute Gasteiger partial charge is 0.307 e. The quantitative estimate of drug-likeness (QED) is 0.933. The second-order valence-corrected chi connectivity index (χ2v) is 5.46. The molecule has 1 aromatic heterocycles. The van der Waals surface area contributed by atoms with Gasteiger partial charge in [-0.1, -0.05) is 28.9 Å². The molecule has 0 aliphatic carbocycles. The molecule has 1 fully saturated rings. The van der Waals surface area contributed by atoms with Crippen molar-refractivity contribution in [3.63, 3.8) is 0 Å². The van der Waals surface area contributed by atoms with Crippen molar-refractivity contribution in [2.24, 2.45) is 5.92 Å². The first kappa shape index (κ1) is 14.0. The molecule has 0 saturated carbocycles. The predicted octanol–water partition coefficient (Wildman–Crippen LogP) is 2.30. The van der Waals surface area contributed by atoms with Crippen LogP contribution in [0.2, 0.25) is 5.02 Å². The largest absolute Gasteiger partial charge is 0.481 e. The molecule has 1 atom stereocenters. The van der Waals surface area contributed by atoms with E-state index >= 15 is 0 Å². The number of halogens is 1. The van der Waals surface area contributed by atoms with Crippen molar-refractivity contribution in [2.45, 2.75) is 13.0 Å². The standard InChI is InChI=1S/C14H14ClN3O3/c15-11-4-2-1-3-10(11)13-16-12(21-17-13)8-18-6-5-9(7-18)14(19)20/h1-4,9H,5-8H2,(H,19,20). The molecule has 1 aliphatic rings. The summed E-state index contributed by atoms with van der Waals surface area (Å²) < 4.78 is 5.22. The molecule has 1 saturated heterocycles. The van der Waals surface area contributed by atoms with Crippen LogP contribution >= 0.6 is 11.6 Å². The number of benzene rings is 1. The van der Waals surface area contributed by atoms with E-state index in [1.54, 1.807) is 6.07 Å². The lowest BCUT2D eigenvalue weighted by Crippen LogP contribution is -2.22. The van der Waals surface area contributed by atoms with E-state index in [2.05, 4.69) is 10.1 Å². The van der Waals surface area contributed by atoms with E-state index in [0.29, 0.717) is 36.2 Å². The first-order valence-corrected chi connectivity index (χ1v) is 7.04. The van der Waals surface area contributed by atoms with Gasteiger partial charge in [-0.25, -0.2) is 0 Å². The van der Waals surface area contributed by atoms with Gasteiger partial charge in [-0.05, 0) is 25.1 Å². The minimum absolute atomic E-state index is 0.309. The SMILES string of the molecule is O=C(O)C1CCN(Cc2nc(-c3ccccc3Cl)no2)C1. The molecule has 21 heavy (non-hydrogen) atoms. The normalized spacial score (nSPS) is 19.0. The Bertz CT molecular complexity index is 658.